The Kier molecular flexibility index (Phi) is 8.24. The topological polar surface area (TPSA) is 82.8 Å². The van der Waals surface area contributed by atoms with Crippen molar-refractivity contribution in [3.63, 3.8) is 0 Å². The average molecular weight is 400 g/mol. The normalized spacial score (nSPS) is 12.0. The number of nitrogens with zero attached hydrogens (tertiary/aromatic N) is 3. The smallest absolute Gasteiger partial charge is 0.224 e. The van der Waals surface area contributed by atoms with Gasteiger partial charge in [-0.1, -0.05) is 51.1 Å². The van der Waals surface area contributed by atoms with Crippen molar-refractivity contribution in [2.75, 3.05) is 20.1 Å². The van der Waals surface area contributed by atoms with E-state index in [1.807, 2.05) is 44.3 Å². The van der Waals surface area contributed by atoms with Gasteiger partial charge in [0.1, 0.15) is 12.3 Å². The predicted octanol–water partition coefficient (Wildman–Crippen LogP) is 3.08. The van der Waals surface area contributed by atoms with Crippen molar-refractivity contribution < 1.29 is 9.21 Å². The minimum atomic E-state index is -0.0795. The van der Waals surface area contributed by atoms with E-state index in [1.54, 1.807) is 11.1 Å². The highest BCUT2D eigenvalue weighted by Gasteiger charge is 2.19. The summed E-state index contributed by atoms with van der Waals surface area (Å²) < 4.78 is 5.77. The van der Waals surface area contributed by atoms with Crippen LogP contribution in [0, 0.1) is 0 Å². The van der Waals surface area contributed by atoms with E-state index in [2.05, 4.69) is 41.4 Å². The number of guanidine groups is 1. The van der Waals surface area contributed by atoms with Gasteiger partial charge in [-0.25, -0.2) is 9.98 Å². The van der Waals surface area contributed by atoms with Crippen molar-refractivity contribution in [3.05, 3.63) is 53.7 Å². The Morgan fingerprint density at radius 2 is 1.93 bits per heavy atom. The van der Waals surface area contributed by atoms with Crippen LogP contribution in [0.5, 0.6) is 0 Å². The maximum atomic E-state index is 12.4. The lowest BCUT2D eigenvalue weighted by atomic mass is 9.94. The molecule has 0 spiro atoms. The Labute approximate surface area is 173 Å². The van der Waals surface area contributed by atoms with Gasteiger partial charge in [0.2, 0.25) is 11.8 Å². The molecule has 0 atom stereocenters. The van der Waals surface area contributed by atoms with Gasteiger partial charge in [-0.15, -0.1) is 0 Å². The molecule has 2 rings (SSSR count). The summed E-state index contributed by atoms with van der Waals surface area (Å²) >= 11 is 0. The molecule has 0 aliphatic rings. The molecule has 2 aromatic rings. The average Bonchev–Trinajstić information content (AvgIpc) is 3.16. The lowest BCUT2D eigenvalue weighted by molar-refractivity contribution is -0.130. The van der Waals surface area contributed by atoms with E-state index in [9.17, 15) is 4.79 Å². The van der Waals surface area contributed by atoms with Gasteiger partial charge in [-0.05, 0) is 12.5 Å². The van der Waals surface area contributed by atoms with Crippen molar-refractivity contribution in [2.24, 2.45) is 4.99 Å². The molecule has 0 radical (unpaired) electrons. The lowest BCUT2D eigenvalue weighted by Crippen LogP contribution is -2.39. The molecule has 0 aliphatic heterocycles. The van der Waals surface area contributed by atoms with E-state index < -0.39 is 0 Å². The first-order chi connectivity index (χ1) is 13.8. The zero-order chi connectivity index (χ0) is 21.3. The summed E-state index contributed by atoms with van der Waals surface area (Å²) in [6.45, 7) is 10.4. The molecule has 0 saturated carbocycles. The molecule has 158 valence electrons. The van der Waals surface area contributed by atoms with Gasteiger partial charge in [0.05, 0.1) is 6.20 Å². The molecule has 7 nitrogen and oxygen atoms in total. The van der Waals surface area contributed by atoms with Crippen molar-refractivity contribution in [1.82, 2.24) is 20.5 Å². The fraction of sp³-hybridized carbons (Fsp3) is 0.500. The van der Waals surface area contributed by atoms with E-state index >= 15 is 0 Å². The number of amides is 1. The minimum absolute atomic E-state index is 0.0795. The van der Waals surface area contributed by atoms with Gasteiger partial charge in [-0.2, -0.15) is 0 Å². The highest BCUT2D eigenvalue weighted by atomic mass is 16.4. The summed E-state index contributed by atoms with van der Waals surface area (Å²) in [7, 11) is 1.82. The molecule has 1 aromatic carbocycles. The summed E-state index contributed by atoms with van der Waals surface area (Å²) in [6.07, 6.45) is 2.15. The lowest BCUT2D eigenvalue weighted by Gasteiger charge is -2.18. The van der Waals surface area contributed by atoms with Gasteiger partial charge in [0.25, 0.3) is 0 Å². The summed E-state index contributed by atoms with van der Waals surface area (Å²) in [5, 5.41) is 6.38. The van der Waals surface area contributed by atoms with Crippen LogP contribution in [0.4, 0.5) is 0 Å². The number of oxazole rings is 1. The van der Waals surface area contributed by atoms with Crippen LogP contribution in [-0.4, -0.2) is 41.9 Å². The van der Waals surface area contributed by atoms with Crippen LogP contribution in [0.2, 0.25) is 0 Å². The largest absolute Gasteiger partial charge is 0.443 e. The van der Waals surface area contributed by atoms with E-state index in [4.69, 9.17) is 4.42 Å². The highest BCUT2D eigenvalue weighted by molar-refractivity contribution is 5.81. The first kappa shape index (κ1) is 22.5. The van der Waals surface area contributed by atoms with E-state index in [-0.39, 0.29) is 11.3 Å². The van der Waals surface area contributed by atoms with E-state index in [0.29, 0.717) is 37.9 Å². The quantitative estimate of drug-likeness (QED) is 0.527. The number of carbonyl (C=O) groups excluding carboxylic acids is 1. The second-order valence-corrected chi connectivity index (χ2v) is 7.98. The molecule has 2 N–H and O–H groups in total. The number of hydrogen-bond acceptors (Lipinski definition) is 4. The third-order valence-corrected chi connectivity index (χ3v) is 4.33. The fourth-order valence-electron chi connectivity index (χ4n) is 2.64. The molecule has 0 unspecified atom stereocenters. The highest BCUT2D eigenvalue weighted by Crippen LogP contribution is 2.22. The van der Waals surface area contributed by atoms with Gasteiger partial charge in [-0.3, -0.25) is 4.79 Å². The number of carbonyl (C=O) groups is 1. The first-order valence-corrected chi connectivity index (χ1v) is 10.0. The Bertz CT molecular complexity index is 793. The second-order valence-electron chi connectivity index (χ2n) is 7.98. The Morgan fingerprint density at radius 1 is 1.21 bits per heavy atom. The van der Waals surface area contributed by atoms with Gasteiger partial charge >= 0.3 is 0 Å². The molecule has 1 aromatic heterocycles. The third kappa shape index (κ3) is 7.60. The maximum Gasteiger partial charge on any atom is 0.224 e. The molecule has 0 bridgehead atoms. The molecule has 0 aliphatic carbocycles. The number of nitrogens with one attached hydrogen (secondary N) is 2. The van der Waals surface area contributed by atoms with Crippen molar-refractivity contribution >= 4 is 11.9 Å². The van der Waals surface area contributed by atoms with Crippen LogP contribution in [-0.2, 0) is 23.3 Å². The summed E-state index contributed by atoms with van der Waals surface area (Å²) in [5.74, 6) is 2.14. The molecule has 7 heteroatoms. The van der Waals surface area contributed by atoms with Crippen LogP contribution < -0.4 is 10.6 Å². The van der Waals surface area contributed by atoms with Crippen molar-refractivity contribution in [1.29, 1.82) is 0 Å². The summed E-state index contributed by atoms with van der Waals surface area (Å²) in [6, 6.07) is 9.97. The third-order valence-electron chi connectivity index (χ3n) is 4.33. The van der Waals surface area contributed by atoms with Crippen molar-refractivity contribution in [2.45, 2.75) is 52.6 Å². The monoisotopic (exact) mass is 399 g/mol. The molecular formula is C22H33N5O2. The van der Waals surface area contributed by atoms with Crippen LogP contribution in [0.15, 0.2) is 45.9 Å². The molecule has 1 amide bonds. The van der Waals surface area contributed by atoms with E-state index in [1.165, 1.54) is 0 Å². The molecule has 0 fully saturated rings. The summed E-state index contributed by atoms with van der Waals surface area (Å²) in [4.78, 5) is 22.9. The Balaban J connectivity index is 1.82. The second kappa shape index (κ2) is 10.6. The Hall–Kier alpha value is -2.83. The zero-order valence-corrected chi connectivity index (χ0v) is 18.2. The first-order valence-electron chi connectivity index (χ1n) is 10.0. The summed E-state index contributed by atoms with van der Waals surface area (Å²) in [5.41, 5.74) is 1.04. The van der Waals surface area contributed by atoms with Gasteiger partial charge < -0.3 is 20.0 Å². The van der Waals surface area contributed by atoms with Crippen LogP contribution in [0.1, 0.15) is 51.3 Å². The fourth-order valence-corrected chi connectivity index (χ4v) is 2.64. The standard InChI is InChI=1S/C22H33N5O2/c1-6-23-21(26-15-19-25-14-18(29-19)22(2,3)4)24-13-12-20(28)27(5)16-17-10-8-7-9-11-17/h7-11,14H,6,12-13,15-16H2,1-5H3,(H2,23,24,26). The zero-order valence-electron chi connectivity index (χ0n) is 18.2. The van der Waals surface area contributed by atoms with Crippen molar-refractivity contribution in [3.8, 4) is 0 Å². The van der Waals surface area contributed by atoms with E-state index in [0.717, 1.165) is 17.9 Å². The predicted molar refractivity (Wildman–Crippen MR) is 116 cm³/mol. The van der Waals surface area contributed by atoms with Crippen LogP contribution >= 0.6 is 0 Å². The SMILES string of the molecule is CCNC(=NCc1ncc(C(C)(C)C)o1)NCCC(=O)N(C)Cc1ccccc1. The maximum absolute atomic E-state index is 12.4. The molecular weight excluding hydrogens is 366 g/mol. The molecule has 29 heavy (non-hydrogen) atoms. The molecule has 0 saturated heterocycles. The number of aliphatic imine (C=N–C) groups is 1. The number of hydrogen-bond donors (Lipinski definition) is 2. The van der Waals surface area contributed by atoms with Gasteiger partial charge in [0, 0.05) is 38.5 Å². The van der Waals surface area contributed by atoms with Crippen LogP contribution in [0.3, 0.4) is 0 Å². The van der Waals surface area contributed by atoms with Crippen LogP contribution in [0.25, 0.3) is 0 Å². The minimum Gasteiger partial charge on any atom is -0.443 e. The van der Waals surface area contributed by atoms with Gasteiger partial charge in [0.15, 0.2) is 5.96 Å². The molecule has 1 heterocycles. The number of benzene rings is 1. The Morgan fingerprint density at radius 3 is 2.55 bits per heavy atom. The number of aromatic nitrogens is 1. The number of rotatable bonds is 8.